The quantitative estimate of drug-likeness (QED) is 0.615. The summed E-state index contributed by atoms with van der Waals surface area (Å²) >= 11 is 1.45. The van der Waals surface area contributed by atoms with Crippen LogP contribution in [-0.2, 0) is 13.1 Å². The van der Waals surface area contributed by atoms with E-state index in [9.17, 15) is 4.79 Å². The molecule has 0 unspecified atom stereocenters. The molecule has 2 N–H and O–H groups in total. The molecule has 0 fully saturated rings. The van der Waals surface area contributed by atoms with E-state index in [0.29, 0.717) is 11.4 Å². The summed E-state index contributed by atoms with van der Waals surface area (Å²) in [7, 11) is 0. The number of carbonyl (C=O) groups is 1. The number of nitrogens with zero attached hydrogens (tertiary/aromatic N) is 1. The van der Waals surface area contributed by atoms with E-state index in [-0.39, 0.29) is 5.91 Å². The molecule has 0 aliphatic heterocycles. The molecule has 1 amide bonds. The lowest BCUT2D eigenvalue weighted by molar-refractivity contribution is -0.910. The van der Waals surface area contributed by atoms with Crippen molar-refractivity contribution >= 4 is 17.2 Å². The van der Waals surface area contributed by atoms with Gasteiger partial charge in [0.1, 0.15) is 11.4 Å². The van der Waals surface area contributed by atoms with Gasteiger partial charge in [-0.2, -0.15) is 0 Å². The predicted molar refractivity (Wildman–Crippen MR) is 116 cm³/mol. The Kier molecular flexibility index (Phi) is 6.95. The molecule has 146 valence electrons. The first-order valence-corrected chi connectivity index (χ1v) is 10.6. The Morgan fingerprint density at radius 1 is 1.00 bits per heavy atom. The molecule has 0 aliphatic rings. The molecular formula is C23H28N3OS+. The minimum Gasteiger partial charge on any atom is -0.347 e. The largest absolute Gasteiger partial charge is 0.347 e. The molecule has 0 spiro atoms. The van der Waals surface area contributed by atoms with Crippen molar-refractivity contribution < 1.29 is 9.69 Å². The van der Waals surface area contributed by atoms with E-state index < -0.39 is 0 Å². The van der Waals surface area contributed by atoms with E-state index in [4.69, 9.17) is 0 Å². The molecule has 3 rings (SSSR count). The Morgan fingerprint density at radius 3 is 2.32 bits per heavy atom. The fraction of sp³-hybridized carbons (Fsp3) is 0.304. The molecule has 0 saturated heterocycles. The van der Waals surface area contributed by atoms with Crippen molar-refractivity contribution in [2.45, 2.75) is 33.9 Å². The van der Waals surface area contributed by atoms with Crippen LogP contribution < -0.4 is 10.2 Å². The number of nitrogens with one attached hydrogen (secondary N) is 2. The van der Waals surface area contributed by atoms with E-state index in [1.807, 2.05) is 43.3 Å². The Bertz CT molecular complexity index is 917. The van der Waals surface area contributed by atoms with Gasteiger partial charge in [-0.15, -0.1) is 11.3 Å². The van der Waals surface area contributed by atoms with Gasteiger partial charge in [-0.25, -0.2) is 4.98 Å². The maximum absolute atomic E-state index is 12.9. The number of hydrogen-bond acceptors (Lipinski definition) is 3. The van der Waals surface area contributed by atoms with E-state index in [1.54, 1.807) is 0 Å². The minimum absolute atomic E-state index is 0.0607. The molecule has 28 heavy (non-hydrogen) atoms. The fourth-order valence-corrected chi connectivity index (χ4v) is 4.16. The standard InChI is InChI=1S/C23H27N3OS/c1-4-26(5-2)16-20-14-10-9-13-19(20)15-24-23(27)22-21(25-17(3)28-22)18-11-7-6-8-12-18/h6-14H,4-5,15-16H2,1-3H3,(H,24,27)/p+1. The summed E-state index contributed by atoms with van der Waals surface area (Å²) in [5, 5.41) is 4.01. The van der Waals surface area contributed by atoms with Crippen LogP contribution in [0.5, 0.6) is 0 Å². The van der Waals surface area contributed by atoms with Crippen molar-refractivity contribution in [3.05, 3.63) is 75.6 Å². The monoisotopic (exact) mass is 394 g/mol. The van der Waals surface area contributed by atoms with Crippen molar-refractivity contribution in [1.82, 2.24) is 10.3 Å². The Morgan fingerprint density at radius 2 is 1.64 bits per heavy atom. The maximum Gasteiger partial charge on any atom is 0.263 e. The summed E-state index contributed by atoms with van der Waals surface area (Å²) in [5.74, 6) is -0.0607. The number of carbonyl (C=O) groups excluding carboxylic acids is 1. The van der Waals surface area contributed by atoms with Crippen LogP contribution in [0.1, 0.15) is 39.7 Å². The van der Waals surface area contributed by atoms with E-state index in [2.05, 4.69) is 42.3 Å². The van der Waals surface area contributed by atoms with Crippen molar-refractivity contribution in [3.63, 3.8) is 0 Å². The van der Waals surface area contributed by atoms with Crippen LogP contribution in [0, 0.1) is 6.92 Å². The zero-order chi connectivity index (χ0) is 19.9. The molecule has 0 radical (unpaired) electrons. The van der Waals surface area contributed by atoms with Crippen molar-refractivity contribution in [2.24, 2.45) is 0 Å². The number of quaternary nitrogens is 1. The highest BCUT2D eigenvalue weighted by atomic mass is 32.1. The van der Waals surface area contributed by atoms with Gasteiger partial charge in [0.15, 0.2) is 0 Å². The third-order valence-electron chi connectivity index (χ3n) is 4.99. The second-order valence-corrected chi connectivity index (χ2v) is 8.07. The summed E-state index contributed by atoms with van der Waals surface area (Å²) in [6, 6.07) is 18.3. The molecule has 0 bridgehead atoms. The number of hydrogen-bond donors (Lipinski definition) is 2. The van der Waals surface area contributed by atoms with Crippen LogP contribution in [0.25, 0.3) is 11.3 Å². The third-order valence-corrected chi connectivity index (χ3v) is 5.96. The molecule has 3 aromatic rings. The van der Waals surface area contributed by atoms with Gasteiger partial charge in [-0.05, 0) is 26.3 Å². The van der Waals surface area contributed by atoms with Gasteiger partial charge in [0.25, 0.3) is 5.91 Å². The molecule has 0 saturated carbocycles. The number of rotatable bonds is 8. The summed E-state index contributed by atoms with van der Waals surface area (Å²) in [4.78, 5) is 19.7. The normalized spacial score (nSPS) is 11.0. The number of thiazole rings is 1. The summed E-state index contributed by atoms with van der Waals surface area (Å²) in [5.41, 5.74) is 4.21. The van der Waals surface area contributed by atoms with Gasteiger partial charge in [0.2, 0.25) is 0 Å². The zero-order valence-corrected chi connectivity index (χ0v) is 17.6. The fourth-order valence-electron chi connectivity index (χ4n) is 3.30. The van der Waals surface area contributed by atoms with Gasteiger partial charge in [-0.3, -0.25) is 4.79 Å². The SMILES string of the molecule is CC[NH+](CC)Cc1ccccc1CNC(=O)c1sc(C)nc1-c1ccccc1. The lowest BCUT2D eigenvalue weighted by Crippen LogP contribution is -3.10. The first-order chi connectivity index (χ1) is 13.6. The maximum atomic E-state index is 12.9. The lowest BCUT2D eigenvalue weighted by Gasteiger charge is -2.18. The van der Waals surface area contributed by atoms with Crippen LogP contribution in [-0.4, -0.2) is 24.0 Å². The third kappa shape index (κ3) is 4.86. The van der Waals surface area contributed by atoms with Crippen molar-refractivity contribution in [1.29, 1.82) is 0 Å². The lowest BCUT2D eigenvalue weighted by atomic mass is 10.1. The highest BCUT2D eigenvalue weighted by Crippen LogP contribution is 2.27. The van der Waals surface area contributed by atoms with Gasteiger partial charge in [0.05, 0.1) is 23.8 Å². The molecule has 1 aromatic heterocycles. The zero-order valence-electron chi connectivity index (χ0n) is 16.8. The second kappa shape index (κ2) is 9.62. The van der Waals surface area contributed by atoms with Crippen molar-refractivity contribution in [3.8, 4) is 11.3 Å². The molecular weight excluding hydrogens is 366 g/mol. The number of aromatic nitrogens is 1. The van der Waals surface area contributed by atoms with Crippen LogP contribution in [0.15, 0.2) is 54.6 Å². The number of amides is 1. The van der Waals surface area contributed by atoms with E-state index in [1.165, 1.54) is 27.4 Å². The Hall–Kier alpha value is -2.50. The molecule has 0 aliphatic carbocycles. The second-order valence-electron chi connectivity index (χ2n) is 6.86. The van der Waals surface area contributed by atoms with Gasteiger partial charge in [-0.1, -0.05) is 54.6 Å². The van der Waals surface area contributed by atoms with Gasteiger partial charge in [0, 0.05) is 17.7 Å². The average Bonchev–Trinajstić information content (AvgIpc) is 3.13. The Labute approximate surface area is 171 Å². The smallest absolute Gasteiger partial charge is 0.263 e. The van der Waals surface area contributed by atoms with Crippen LogP contribution in [0.3, 0.4) is 0 Å². The molecule has 0 atom stereocenters. The highest BCUT2D eigenvalue weighted by Gasteiger charge is 2.18. The number of benzene rings is 2. The van der Waals surface area contributed by atoms with Crippen LogP contribution in [0.4, 0.5) is 0 Å². The van der Waals surface area contributed by atoms with E-state index in [0.717, 1.165) is 35.9 Å². The highest BCUT2D eigenvalue weighted by molar-refractivity contribution is 7.14. The van der Waals surface area contributed by atoms with Crippen LogP contribution in [0.2, 0.25) is 0 Å². The summed E-state index contributed by atoms with van der Waals surface area (Å²) in [6.07, 6.45) is 0. The molecule has 4 nitrogen and oxygen atoms in total. The predicted octanol–water partition coefficient (Wildman–Crippen LogP) is 3.47. The first kappa shape index (κ1) is 20.2. The van der Waals surface area contributed by atoms with Gasteiger partial charge < -0.3 is 10.2 Å². The summed E-state index contributed by atoms with van der Waals surface area (Å²) < 4.78 is 0. The minimum atomic E-state index is -0.0607. The molecule has 5 heteroatoms. The van der Waals surface area contributed by atoms with Gasteiger partial charge >= 0.3 is 0 Å². The average molecular weight is 395 g/mol. The van der Waals surface area contributed by atoms with E-state index >= 15 is 0 Å². The number of aryl methyl sites for hydroxylation is 1. The molecule has 1 heterocycles. The molecule has 2 aromatic carbocycles. The summed E-state index contributed by atoms with van der Waals surface area (Å²) in [6.45, 7) is 10.1. The van der Waals surface area contributed by atoms with Crippen molar-refractivity contribution in [2.75, 3.05) is 13.1 Å². The Balaban J connectivity index is 1.76. The van der Waals surface area contributed by atoms with Crippen LogP contribution >= 0.6 is 11.3 Å². The first-order valence-electron chi connectivity index (χ1n) is 9.83. The topological polar surface area (TPSA) is 46.4 Å².